The quantitative estimate of drug-likeness (QED) is 0.880. The molecule has 0 bridgehead atoms. The van der Waals surface area contributed by atoms with Gasteiger partial charge in [-0.3, -0.25) is 4.90 Å². The van der Waals surface area contributed by atoms with Crippen molar-refractivity contribution in [1.29, 1.82) is 0 Å². The fourth-order valence-corrected chi connectivity index (χ4v) is 4.03. The van der Waals surface area contributed by atoms with Crippen LogP contribution in [0.1, 0.15) is 42.5 Å². The van der Waals surface area contributed by atoms with Crippen molar-refractivity contribution < 1.29 is 9.18 Å². The summed E-state index contributed by atoms with van der Waals surface area (Å²) in [7, 11) is 0. The second-order valence-corrected chi connectivity index (χ2v) is 7.63. The molecule has 1 aromatic heterocycles. The Bertz CT molecular complexity index is 821. The van der Waals surface area contributed by atoms with E-state index in [4.69, 9.17) is 0 Å². The van der Waals surface area contributed by atoms with E-state index in [1.54, 1.807) is 0 Å². The molecule has 1 unspecified atom stereocenters. The molecule has 7 nitrogen and oxygen atoms in total. The molecule has 1 atom stereocenters. The number of aromatic nitrogens is 3. The molecule has 4 rings (SSSR count). The van der Waals surface area contributed by atoms with Crippen LogP contribution in [0.25, 0.3) is 0 Å². The summed E-state index contributed by atoms with van der Waals surface area (Å²) in [5.74, 6) is 1.41. The van der Waals surface area contributed by atoms with Crippen LogP contribution in [0.5, 0.6) is 0 Å². The SMILES string of the molecule is Cc1nc2n(n1)CCCC2NC(=O)N1CCCN(Cc2ccc(F)cc2)CC1. The van der Waals surface area contributed by atoms with Crippen molar-refractivity contribution in [3.05, 3.63) is 47.3 Å². The number of nitrogens with one attached hydrogen (secondary N) is 1. The summed E-state index contributed by atoms with van der Waals surface area (Å²) in [5.41, 5.74) is 1.09. The minimum absolute atomic E-state index is 0.0252. The molecule has 2 aliphatic heterocycles. The molecule has 28 heavy (non-hydrogen) atoms. The Labute approximate surface area is 164 Å². The Balaban J connectivity index is 1.33. The molecule has 0 saturated carbocycles. The van der Waals surface area contributed by atoms with E-state index in [0.717, 1.165) is 69.2 Å². The molecule has 8 heteroatoms. The second-order valence-electron chi connectivity index (χ2n) is 7.63. The Morgan fingerprint density at radius 1 is 1.14 bits per heavy atom. The maximum absolute atomic E-state index is 13.1. The normalized spacial score (nSPS) is 20.5. The van der Waals surface area contributed by atoms with Crippen molar-refractivity contribution in [2.45, 2.75) is 45.3 Å². The minimum atomic E-state index is -0.212. The number of halogens is 1. The molecule has 2 aliphatic rings. The lowest BCUT2D eigenvalue weighted by molar-refractivity contribution is 0.190. The third kappa shape index (κ3) is 4.32. The van der Waals surface area contributed by atoms with Gasteiger partial charge in [0.1, 0.15) is 17.5 Å². The van der Waals surface area contributed by atoms with Gasteiger partial charge in [0.15, 0.2) is 0 Å². The van der Waals surface area contributed by atoms with Gasteiger partial charge in [0.2, 0.25) is 0 Å². The summed E-state index contributed by atoms with van der Waals surface area (Å²) in [6, 6.07) is 6.55. The maximum atomic E-state index is 13.1. The van der Waals surface area contributed by atoms with Gasteiger partial charge in [-0.05, 0) is 43.9 Å². The van der Waals surface area contributed by atoms with E-state index >= 15 is 0 Å². The number of aryl methyl sites for hydroxylation is 2. The van der Waals surface area contributed by atoms with Gasteiger partial charge >= 0.3 is 6.03 Å². The number of carbonyl (C=O) groups excluding carboxylic acids is 1. The lowest BCUT2D eigenvalue weighted by Gasteiger charge is -2.27. The molecule has 1 aromatic carbocycles. The highest BCUT2D eigenvalue weighted by atomic mass is 19.1. The number of hydrogen-bond acceptors (Lipinski definition) is 4. The minimum Gasteiger partial charge on any atom is -0.328 e. The van der Waals surface area contributed by atoms with E-state index in [1.807, 2.05) is 28.6 Å². The summed E-state index contributed by atoms with van der Waals surface area (Å²) in [5, 5.41) is 7.56. The summed E-state index contributed by atoms with van der Waals surface area (Å²) < 4.78 is 15.0. The number of carbonyl (C=O) groups is 1. The Hall–Kier alpha value is -2.48. The molecule has 2 aromatic rings. The third-order valence-electron chi connectivity index (χ3n) is 5.47. The highest BCUT2D eigenvalue weighted by Gasteiger charge is 2.27. The van der Waals surface area contributed by atoms with E-state index in [-0.39, 0.29) is 17.9 Å². The van der Waals surface area contributed by atoms with Crippen molar-refractivity contribution in [1.82, 2.24) is 29.9 Å². The highest BCUT2D eigenvalue weighted by Crippen LogP contribution is 2.23. The van der Waals surface area contributed by atoms with Crippen LogP contribution >= 0.6 is 0 Å². The van der Waals surface area contributed by atoms with E-state index in [9.17, 15) is 9.18 Å². The third-order valence-corrected chi connectivity index (χ3v) is 5.47. The molecule has 1 saturated heterocycles. The Morgan fingerprint density at radius 2 is 1.96 bits per heavy atom. The topological polar surface area (TPSA) is 66.3 Å². The van der Waals surface area contributed by atoms with Crippen LogP contribution in [0, 0.1) is 12.7 Å². The number of benzene rings is 1. The maximum Gasteiger partial charge on any atom is 0.318 e. The van der Waals surface area contributed by atoms with Gasteiger partial charge in [0, 0.05) is 39.3 Å². The van der Waals surface area contributed by atoms with E-state index in [2.05, 4.69) is 20.3 Å². The molecule has 1 N–H and O–H groups in total. The summed E-state index contributed by atoms with van der Waals surface area (Å²) in [6.45, 7) is 6.69. The molecular formula is C20H27FN6O. The standard InChI is InChI=1S/C20H27FN6O/c1-15-22-19-18(4-2-11-27(19)24-15)23-20(28)26-10-3-9-25(12-13-26)14-16-5-7-17(21)8-6-16/h5-8,18H,2-4,9-14H2,1H3,(H,23,28). The first-order chi connectivity index (χ1) is 13.6. The van der Waals surface area contributed by atoms with Crippen LogP contribution in [-0.2, 0) is 13.1 Å². The fraction of sp³-hybridized carbons (Fsp3) is 0.550. The van der Waals surface area contributed by atoms with E-state index in [1.165, 1.54) is 12.1 Å². The Kier molecular flexibility index (Phi) is 5.57. The lowest BCUT2D eigenvalue weighted by atomic mass is 10.1. The van der Waals surface area contributed by atoms with Crippen LogP contribution < -0.4 is 5.32 Å². The van der Waals surface area contributed by atoms with Crippen LogP contribution in [0.3, 0.4) is 0 Å². The molecule has 2 amide bonds. The summed E-state index contributed by atoms with van der Waals surface area (Å²) >= 11 is 0. The zero-order valence-electron chi connectivity index (χ0n) is 16.3. The second kappa shape index (κ2) is 8.26. The van der Waals surface area contributed by atoms with Gasteiger partial charge in [-0.15, -0.1) is 0 Å². The molecule has 3 heterocycles. The predicted molar refractivity (Wildman–Crippen MR) is 103 cm³/mol. The van der Waals surface area contributed by atoms with Crippen molar-refractivity contribution >= 4 is 6.03 Å². The number of rotatable bonds is 3. The highest BCUT2D eigenvalue weighted by molar-refractivity contribution is 5.74. The Morgan fingerprint density at radius 3 is 2.79 bits per heavy atom. The average molecular weight is 386 g/mol. The van der Waals surface area contributed by atoms with Crippen molar-refractivity contribution in [2.75, 3.05) is 26.2 Å². The van der Waals surface area contributed by atoms with Gasteiger partial charge in [-0.25, -0.2) is 18.9 Å². The first-order valence-electron chi connectivity index (χ1n) is 10.0. The number of amides is 2. The molecule has 0 radical (unpaired) electrons. The smallest absolute Gasteiger partial charge is 0.318 e. The largest absolute Gasteiger partial charge is 0.328 e. The van der Waals surface area contributed by atoms with Crippen LogP contribution in [0.2, 0.25) is 0 Å². The zero-order valence-corrected chi connectivity index (χ0v) is 16.3. The fourth-order valence-electron chi connectivity index (χ4n) is 4.03. The molecule has 150 valence electrons. The van der Waals surface area contributed by atoms with Gasteiger partial charge in [0.05, 0.1) is 6.04 Å². The van der Waals surface area contributed by atoms with Crippen molar-refractivity contribution in [2.24, 2.45) is 0 Å². The van der Waals surface area contributed by atoms with Gasteiger partial charge in [-0.1, -0.05) is 12.1 Å². The first-order valence-corrected chi connectivity index (χ1v) is 10.0. The first kappa shape index (κ1) is 18.9. The zero-order chi connectivity index (χ0) is 19.5. The van der Waals surface area contributed by atoms with Crippen LogP contribution in [0.4, 0.5) is 9.18 Å². The molecular weight excluding hydrogens is 359 g/mol. The summed E-state index contributed by atoms with van der Waals surface area (Å²) in [4.78, 5) is 21.5. The van der Waals surface area contributed by atoms with E-state index in [0.29, 0.717) is 6.54 Å². The predicted octanol–water partition coefficient (Wildman–Crippen LogP) is 2.48. The monoisotopic (exact) mass is 386 g/mol. The summed E-state index contributed by atoms with van der Waals surface area (Å²) in [6.07, 6.45) is 2.81. The number of fused-ring (bicyclic) bond motifs is 1. The lowest BCUT2D eigenvalue weighted by Crippen LogP contribution is -2.44. The number of hydrogen-bond donors (Lipinski definition) is 1. The average Bonchev–Trinajstić information content (AvgIpc) is 2.91. The van der Waals surface area contributed by atoms with Crippen molar-refractivity contribution in [3.63, 3.8) is 0 Å². The van der Waals surface area contributed by atoms with Crippen LogP contribution in [0.15, 0.2) is 24.3 Å². The van der Waals surface area contributed by atoms with Crippen molar-refractivity contribution in [3.8, 4) is 0 Å². The number of urea groups is 1. The van der Waals surface area contributed by atoms with E-state index < -0.39 is 0 Å². The molecule has 1 fully saturated rings. The van der Waals surface area contributed by atoms with Gasteiger partial charge in [-0.2, -0.15) is 5.10 Å². The van der Waals surface area contributed by atoms with Crippen LogP contribution in [-0.4, -0.2) is 56.8 Å². The molecule has 0 aliphatic carbocycles. The van der Waals surface area contributed by atoms with Gasteiger partial charge in [0.25, 0.3) is 0 Å². The van der Waals surface area contributed by atoms with Gasteiger partial charge < -0.3 is 10.2 Å². The number of nitrogens with zero attached hydrogens (tertiary/aromatic N) is 5. The molecule has 0 spiro atoms.